The second-order valence-corrected chi connectivity index (χ2v) is 5.43. The first-order valence-electron chi connectivity index (χ1n) is 6.45. The molecule has 1 heterocycles. The number of benzene rings is 1. The lowest BCUT2D eigenvalue weighted by atomic mass is 10.1. The summed E-state index contributed by atoms with van der Waals surface area (Å²) in [6.07, 6.45) is 4.09. The van der Waals surface area contributed by atoms with Crippen molar-refractivity contribution < 1.29 is 14.2 Å². The van der Waals surface area contributed by atoms with Crippen LogP contribution in [0.25, 0.3) is 12.2 Å². The van der Waals surface area contributed by atoms with Gasteiger partial charge in [-0.1, -0.05) is 4.68 Å². The first kappa shape index (κ1) is 14.5. The minimum absolute atomic E-state index is 0.814. The molecule has 0 radical (unpaired) electrons. The highest BCUT2D eigenvalue weighted by Gasteiger charge is 2.13. The Morgan fingerprint density at radius 2 is 2.05 bits per heavy atom. The minimum atomic E-state index is 0.814. The van der Waals surface area contributed by atoms with Gasteiger partial charge in [-0.3, -0.25) is 0 Å². The molecular formula is C15H19N2O2S+. The number of aromatic nitrogens is 2. The van der Waals surface area contributed by atoms with E-state index in [1.807, 2.05) is 35.9 Å². The van der Waals surface area contributed by atoms with Crippen LogP contribution in [0.1, 0.15) is 22.5 Å². The molecule has 1 aromatic carbocycles. The number of aryl methyl sites for hydroxylation is 2. The lowest BCUT2D eigenvalue weighted by Gasteiger charge is -2.06. The highest BCUT2D eigenvalue weighted by atomic mass is 32.1. The van der Waals surface area contributed by atoms with E-state index in [0.29, 0.717) is 0 Å². The Balaban J connectivity index is 2.34. The Morgan fingerprint density at radius 1 is 1.25 bits per heavy atom. The maximum absolute atomic E-state index is 5.37. The second-order valence-electron chi connectivity index (χ2n) is 4.22. The van der Waals surface area contributed by atoms with Crippen molar-refractivity contribution in [2.75, 3.05) is 14.2 Å². The summed E-state index contributed by atoms with van der Waals surface area (Å²) in [5, 5.41) is 6.63. The van der Waals surface area contributed by atoms with Crippen LogP contribution >= 0.6 is 11.3 Å². The zero-order valence-electron chi connectivity index (χ0n) is 12.2. The van der Waals surface area contributed by atoms with Gasteiger partial charge in [-0.05, 0) is 49.5 Å². The van der Waals surface area contributed by atoms with Crippen molar-refractivity contribution in [1.82, 2.24) is 5.10 Å². The molecule has 2 aromatic rings. The van der Waals surface area contributed by atoms with Crippen LogP contribution in [0.15, 0.2) is 18.2 Å². The van der Waals surface area contributed by atoms with E-state index < -0.39 is 0 Å². The molecule has 0 saturated carbocycles. The molecule has 0 atom stereocenters. The zero-order valence-corrected chi connectivity index (χ0v) is 13.0. The van der Waals surface area contributed by atoms with E-state index in [-0.39, 0.29) is 0 Å². The Labute approximate surface area is 123 Å². The van der Waals surface area contributed by atoms with Gasteiger partial charge in [0.25, 0.3) is 5.01 Å². The Hall–Kier alpha value is -1.88. The van der Waals surface area contributed by atoms with Crippen molar-refractivity contribution in [2.45, 2.75) is 20.4 Å². The SMILES string of the molecule is CC[n+]1nc(C)sc1/C=C/c1cc(OC)ccc1OC. The minimum Gasteiger partial charge on any atom is -0.497 e. The number of rotatable bonds is 5. The number of nitrogens with zero attached hydrogens (tertiary/aromatic N) is 2. The summed E-state index contributed by atoms with van der Waals surface area (Å²) in [4.78, 5) is 0. The molecule has 0 saturated heterocycles. The quantitative estimate of drug-likeness (QED) is 0.795. The summed E-state index contributed by atoms with van der Waals surface area (Å²) in [6.45, 7) is 4.96. The van der Waals surface area contributed by atoms with Crippen LogP contribution < -0.4 is 14.2 Å². The molecule has 0 spiro atoms. The highest BCUT2D eigenvalue weighted by molar-refractivity contribution is 7.11. The largest absolute Gasteiger partial charge is 0.497 e. The first-order valence-corrected chi connectivity index (χ1v) is 7.27. The van der Waals surface area contributed by atoms with E-state index in [2.05, 4.69) is 18.1 Å². The molecule has 0 N–H and O–H groups in total. The van der Waals surface area contributed by atoms with E-state index in [0.717, 1.165) is 33.6 Å². The molecule has 2 rings (SSSR count). The fraction of sp³-hybridized carbons (Fsp3) is 0.333. The molecule has 0 bridgehead atoms. The number of hydrogen-bond donors (Lipinski definition) is 0. The van der Waals surface area contributed by atoms with Gasteiger partial charge in [0, 0.05) is 16.7 Å². The van der Waals surface area contributed by atoms with Crippen LogP contribution in [0.2, 0.25) is 0 Å². The first-order chi connectivity index (χ1) is 9.67. The van der Waals surface area contributed by atoms with Gasteiger partial charge in [0.05, 0.1) is 14.2 Å². The van der Waals surface area contributed by atoms with Crippen molar-refractivity contribution >= 4 is 23.5 Å². The van der Waals surface area contributed by atoms with Crippen molar-refractivity contribution in [2.24, 2.45) is 0 Å². The number of hydrogen-bond acceptors (Lipinski definition) is 4. The van der Waals surface area contributed by atoms with Gasteiger partial charge in [0.1, 0.15) is 11.5 Å². The van der Waals surface area contributed by atoms with Gasteiger partial charge < -0.3 is 9.47 Å². The molecule has 0 aliphatic heterocycles. The van der Waals surface area contributed by atoms with Crippen LogP contribution in [0, 0.1) is 6.92 Å². The molecule has 20 heavy (non-hydrogen) atoms. The van der Waals surface area contributed by atoms with Gasteiger partial charge in [-0.25, -0.2) is 0 Å². The van der Waals surface area contributed by atoms with Crippen LogP contribution in [-0.2, 0) is 6.54 Å². The predicted molar refractivity (Wildman–Crippen MR) is 81.2 cm³/mol. The van der Waals surface area contributed by atoms with Crippen molar-refractivity contribution in [3.63, 3.8) is 0 Å². The van der Waals surface area contributed by atoms with E-state index >= 15 is 0 Å². The molecule has 0 unspecified atom stereocenters. The van der Waals surface area contributed by atoms with Gasteiger partial charge in [0.2, 0.25) is 0 Å². The molecule has 1 aromatic heterocycles. The second kappa shape index (κ2) is 6.52. The van der Waals surface area contributed by atoms with E-state index in [4.69, 9.17) is 9.47 Å². The predicted octanol–water partition coefficient (Wildman–Crippen LogP) is 2.95. The Morgan fingerprint density at radius 3 is 2.70 bits per heavy atom. The van der Waals surface area contributed by atoms with Crippen molar-refractivity contribution in [3.05, 3.63) is 33.8 Å². The molecular weight excluding hydrogens is 272 g/mol. The maximum Gasteiger partial charge on any atom is 0.289 e. The standard InChI is InChI=1S/C15H19N2O2S/c1-5-17-15(20-11(2)16-17)9-6-12-10-13(18-3)7-8-14(12)19-4/h6-10H,5H2,1-4H3/q+1/b9-6+. The third-order valence-electron chi connectivity index (χ3n) is 2.91. The Kier molecular flexibility index (Phi) is 4.74. The topological polar surface area (TPSA) is 35.2 Å². The van der Waals surface area contributed by atoms with E-state index in [1.165, 1.54) is 0 Å². The monoisotopic (exact) mass is 291 g/mol. The van der Waals surface area contributed by atoms with Crippen molar-refractivity contribution in [1.29, 1.82) is 0 Å². The summed E-state index contributed by atoms with van der Waals surface area (Å²) in [6, 6.07) is 5.75. The smallest absolute Gasteiger partial charge is 0.289 e. The summed E-state index contributed by atoms with van der Waals surface area (Å²) >= 11 is 1.67. The van der Waals surface area contributed by atoms with Gasteiger partial charge in [-0.15, -0.1) is 0 Å². The molecule has 4 nitrogen and oxygen atoms in total. The molecule has 0 aliphatic rings. The molecule has 0 fully saturated rings. The summed E-state index contributed by atoms with van der Waals surface area (Å²) < 4.78 is 12.6. The van der Waals surface area contributed by atoms with Gasteiger partial charge in [-0.2, -0.15) is 0 Å². The maximum atomic E-state index is 5.37. The molecule has 106 valence electrons. The van der Waals surface area contributed by atoms with E-state index in [9.17, 15) is 0 Å². The van der Waals surface area contributed by atoms with Gasteiger partial charge in [0.15, 0.2) is 11.6 Å². The average Bonchev–Trinajstić information content (AvgIpc) is 2.84. The fourth-order valence-electron chi connectivity index (χ4n) is 1.92. The average molecular weight is 291 g/mol. The molecule has 5 heteroatoms. The summed E-state index contributed by atoms with van der Waals surface area (Å²) in [7, 11) is 3.33. The third kappa shape index (κ3) is 3.17. The van der Waals surface area contributed by atoms with Gasteiger partial charge >= 0.3 is 0 Å². The zero-order chi connectivity index (χ0) is 14.5. The van der Waals surface area contributed by atoms with Crippen LogP contribution in [0.5, 0.6) is 11.5 Å². The van der Waals surface area contributed by atoms with Crippen molar-refractivity contribution in [3.8, 4) is 11.5 Å². The Bertz CT molecular complexity index is 620. The third-order valence-corrected chi connectivity index (χ3v) is 3.84. The summed E-state index contributed by atoms with van der Waals surface area (Å²) in [5.74, 6) is 1.64. The molecule has 0 amide bonds. The van der Waals surface area contributed by atoms with E-state index in [1.54, 1.807) is 25.6 Å². The lowest BCUT2D eigenvalue weighted by Crippen LogP contribution is -2.36. The molecule has 0 aliphatic carbocycles. The number of methoxy groups -OCH3 is 2. The normalized spacial score (nSPS) is 11.0. The number of ether oxygens (including phenoxy) is 2. The summed E-state index contributed by atoms with van der Waals surface area (Å²) in [5.41, 5.74) is 0.987. The van der Waals surface area contributed by atoms with Crippen LogP contribution in [0.3, 0.4) is 0 Å². The fourth-order valence-corrected chi connectivity index (χ4v) is 2.77. The lowest BCUT2D eigenvalue weighted by molar-refractivity contribution is -0.747. The van der Waals surface area contributed by atoms with Crippen LogP contribution in [-0.4, -0.2) is 19.3 Å². The highest BCUT2D eigenvalue weighted by Crippen LogP contribution is 2.26. The van der Waals surface area contributed by atoms with Crippen LogP contribution in [0.4, 0.5) is 0 Å².